The lowest BCUT2D eigenvalue weighted by Crippen LogP contribution is -2.39. The monoisotopic (exact) mass is 572 g/mol. The fourth-order valence-corrected chi connectivity index (χ4v) is 5.23. The van der Waals surface area contributed by atoms with Gasteiger partial charge in [0.2, 0.25) is 0 Å². The summed E-state index contributed by atoms with van der Waals surface area (Å²) in [5, 5.41) is 0. The lowest BCUT2D eigenvalue weighted by Gasteiger charge is -2.28. The maximum atomic E-state index is 13.9. The number of amides is 1. The number of carbonyl (C=O) groups excluding carboxylic acids is 1. The van der Waals surface area contributed by atoms with Gasteiger partial charge in [-0.15, -0.1) is 0 Å². The molecule has 0 aromatic heterocycles. The number of aryl methyl sites for hydroxylation is 1. The summed E-state index contributed by atoms with van der Waals surface area (Å²) in [5.74, 6) is 1.53. The molecule has 3 rings (SSSR count). The van der Waals surface area contributed by atoms with E-state index >= 15 is 0 Å². The van der Waals surface area contributed by atoms with Gasteiger partial charge in [0.1, 0.15) is 0 Å². The van der Waals surface area contributed by atoms with Crippen molar-refractivity contribution in [1.29, 1.82) is 0 Å². The minimum Gasteiger partial charge on any atom is -0.493 e. The Bertz CT molecular complexity index is 1180. The van der Waals surface area contributed by atoms with E-state index in [1.165, 1.54) is 50.5 Å². The molecule has 0 unspecified atom stereocenters. The second-order valence-corrected chi connectivity index (χ2v) is 11.2. The molecule has 0 spiro atoms. The molecule has 0 aliphatic carbocycles. The van der Waals surface area contributed by atoms with Gasteiger partial charge in [-0.2, -0.15) is 0 Å². The van der Waals surface area contributed by atoms with E-state index in [2.05, 4.69) is 62.1 Å². The predicted molar refractivity (Wildman–Crippen MR) is 176 cm³/mol. The number of benzene rings is 3. The molecule has 1 amide bonds. The molecular formula is C37H52N2O3. The number of rotatable bonds is 19. The van der Waals surface area contributed by atoms with Crippen LogP contribution in [0.3, 0.4) is 0 Å². The first kappa shape index (κ1) is 33.2. The zero-order chi connectivity index (χ0) is 30.2. The molecule has 0 aliphatic heterocycles. The van der Waals surface area contributed by atoms with E-state index in [0.29, 0.717) is 24.6 Å². The summed E-state index contributed by atoms with van der Waals surface area (Å²) in [5.41, 5.74) is 5.36. The molecule has 3 aromatic carbocycles. The molecule has 0 saturated carbocycles. The molecule has 228 valence electrons. The van der Waals surface area contributed by atoms with Crippen LogP contribution in [0.25, 0.3) is 11.1 Å². The highest BCUT2D eigenvalue weighted by Crippen LogP contribution is 2.32. The summed E-state index contributed by atoms with van der Waals surface area (Å²) in [6.07, 6.45) is 9.47. The maximum Gasteiger partial charge on any atom is 0.254 e. The Morgan fingerprint density at radius 2 is 1.21 bits per heavy atom. The zero-order valence-electron chi connectivity index (χ0n) is 26.7. The van der Waals surface area contributed by atoms with Gasteiger partial charge in [-0.25, -0.2) is 0 Å². The standard InChI is InChI=1S/C37H52N2O3/c1-6-9-12-13-30-14-20-33(21-15-30)37(40)39(27-26-38(24-10-7-2)25-11-8-3)29-31-16-18-32(19-17-31)34-22-23-35(41-4)36(28-34)42-5/h14-23,28H,6-13,24-27,29H2,1-5H3. The summed E-state index contributed by atoms with van der Waals surface area (Å²) in [7, 11) is 3.30. The van der Waals surface area contributed by atoms with E-state index in [1.54, 1.807) is 14.2 Å². The van der Waals surface area contributed by atoms with Gasteiger partial charge in [0.25, 0.3) is 5.91 Å². The largest absolute Gasteiger partial charge is 0.493 e. The van der Waals surface area contributed by atoms with Crippen LogP contribution in [0.4, 0.5) is 0 Å². The fraction of sp³-hybridized carbons (Fsp3) is 0.486. The number of carbonyl (C=O) groups is 1. The van der Waals surface area contributed by atoms with Gasteiger partial charge in [0.15, 0.2) is 11.5 Å². The molecule has 5 nitrogen and oxygen atoms in total. The van der Waals surface area contributed by atoms with Gasteiger partial charge in [-0.05, 0) is 85.3 Å². The van der Waals surface area contributed by atoms with Crippen molar-refractivity contribution in [2.24, 2.45) is 0 Å². The average molecular weight is 573 g/mol. The van der Waals surface area contributed by atoms with Crippen molar-refractivity contribution in [2.75, 3.05) is 40.4 Å². The van der Waals surface area contributed by atoms with Gasteiger partial charge >= 0.3 is 0 Å². The molecule has 0 radical (unpaired) electrons. The Balaban J connectivity index is 1.78. The number of nitrogens with zero attached hydrogens (tertiary/aromatic N) is 2. The highest BCUT2D eigenvalue weighted by molar-refractivity contribution is 5.94. The normalized spacial score (nSPS) is 11.1. The minimum absolute atomic E-state index is 0.102. The zero-order valence-corrected chi connectivity index (χ0v) is 26.7. The van der Waals surface area contributed by atoms with Crippen LogP contribution < -0.4 is 9.47 Å². The number of hydrogen-bond donors (Lipinski definition) is 0. The Hall–Kier alpha value is -3.31. The lowest BCUT2D eigenvalue weighted by atomic mass is 10.0. The van der Waals surface area contributed by atoms with E-state index in [-0.39, 0.29) is 5.91 Å². The molecule has 0 saturated heterocycles. The number of hydrogen-bond acceptors (Lipinski definition) is 4. The Kier molecular flexibility index (Phi) is 14.4. The van der Waals surface area contributed by atoms with Gasteiger partial charge in [-0.3, -0.25) is 4.79 Å². The third-order valence-electron chi connectivity index (χ3n) is 7.94. The first-order valence-corrected chi connectivity index (χ1v) is 15.9. The molecule has 0 heterocycles. The third kappa shape index (κ3) is 10.2. The SMILES string of the molecule is CCCCCc1ccc(C(=O)N(CCN(CCCC)CCCC)Cc2ccc(-c3ccc(OC)c(OC)c3)cc2)cc1. The Labute approximate surface area is 254 Å². The van der Waals surface area contributed by atoms with E-state index < -0.39 is 0 Å². The summed E-state index contributed by atoms with van der Waals surface area (Å²) >= 11 is 0. The van der Waals surface area contributed by atoms with Crippen LogP contribution in [0.2, 0.25) is 0 Å². The molecule has 5 heteroatoms. The van der Waals surface area contributed by atoms with Crippen molar-refractivity contribution in [3.05, 3.63) is 83.4 Å². The molecule has 42 heavy (non-hydrogen) atoms. The fourth-order valence-electron chi connectivity index (χ4n) is 5.23. The van der Waals surface area contributed by atoms with Crippen LogP contribution in [-0.4, -0.2) is 56.1 Å². The van der Waals surface area contributed by atoms with Crippen molar-refractivity contribution in [3.8, 4) is 22.6 Å². The van der Waals surface area contributed by atoms with Crippen molar-refractivity contribution in [1.82, 2.24) is 9.80 Å². The van der Waals surface area contributed by atoms with Crippen LogP contribution >= 0.6 is 0 Å². The van der Waals surface area contributed by atoms with E-state index in [4.69, 9.17) is 9.47 Å². The quantitative estimate of drug-likeness (QED) is 0.135. The van der Waals surface area contributed by atoms with Crippen LogP contribution in [0.5, 0.6) is 11.5 Å². The molecular weight excluding hydrogens is 520 g/mol. The number of methoxy groups -OCH3 is 2. The Morgan fingerprint density at radius 3 is 1.81 bits per heavy atom. The summed E-state index contributed by atoms with van der Waals surface area (Å²) in [6, 6.07) is 22.8. The summed E-state index contributed by atoms with van der Waals surface area (Å²) in [6.45, 7) is 11.1. The van der Waals surface area contributed by atoms with Crippen LogP contribution in [0.15, 0.2) is 66.7 Å². The van der Waals surface area contributed by atoms with Crippen molar-refractivity contribution in [2.45, 2.75) is 78.7 Å². The predicted octanol–water partition coefficient (Wildman–Crippen LogP) is 8.65. The molecule has 0 fully saturated rings. The first-order chi connectivity index (χ1) is 20.5. The van der Waals surface area contributed by atoms with Gasteiger partial charge in [-0.1, -0.05) is 88.9 Å². The average Bonchev–Trinajstić information content (AvgIpc) is 3.03. The second kappa shape index (κ2) is 18.3. The minimum atomic E-state index is 0.102. The third-order valence-corrected chi connectivity index (χ3v) is 7.94. The highest BCUT2D eigenvalue weighted by atomic mass is 16.5. The smallest absolute Gasteiger partial charge is 0.254 e. The van der Waals surface area contributed by atoms with Gasteiger partial charge in [0, 0.05) is 25.2 Å². The molecule has 0 bridgehead atoms. The lowest BCUT2D eigenvalue weighted by molar-refractivity contribution is 0.0720. The number of ether oxygens (including phenoxy) is 2. The molecule has 0 atom stereocenters. The van der Waals surface area contributed by atoms with Crippen molar-refractivity contribution < 1.29 is 14.3 Å². The molecule has 3 aromatic rings. The van der Waals surface area contributed by atoms with Crippen LogP contribution in [0.1, 0.15) is 87.2 Å². The van der Waals surface area contributed by atoms with E-state index in [1.807, 2.05) is 35.2 Å². The van der Waals surface area contributed by atoms with Gasteiger partial charge < -0.3 is 19.3 Å². The maximum absolute atomic E-state index is 13.9. The van der Waals surface area contributed by atoms with Crippen LogP contribution in [-0.2, 0) is 13.0 Å². The second-order valence-electron chi connectivity index (χ2n) is 11.2. The van der Waals surface area contributed by atoms with Gasteiger partial charge in [0.05, 0.1) is 14.2 Å². The highest BCUT2D eigenvalue weighted by Gasteiger charge is 2.18. The van der Waals surface area contributed by atoms with Crippen molar-refractivity contribution >= 4 is 5.91 Å². The Morgan fingerprint density at radius 1 is 0.619 bits per heavy atom. The summed E-state index contributed by atoms with van der Waals surface area (Å²) < 4.78 is 10.9. The molecule has 0 N–H and O–H groups in total. The topological polar surface area (TPSA) is 42.0 Å². The van der Waals surface area contributed by atoms with E-state index in [9.17, 15) is 4.79 Å². The van der Waals surface area contributed by atoms with Crippen molar-refractivity contribution in [3.63, 3.8) is 0 Å². The summed E-state index contributed by atoms with van der Waals surface area (Å²) in [4.78, 5) is 18.4. The first-order valence-electron chi connectivity index (χ1n) is 15.9. The van der Waals surface area contributed by atoms with Crippen LogP contribution in [0, 0.1) is 0 Å². The van der Waals surface area contributed by atoms with E-state index in [0.717, 1.165) is 48.3 Å². The molecule has 0 aliphatic rings. The number of unbranched alkanes of at least 4 members (excludes halogenated alkanes) is 4.